The second-order valence-corrected chi connectivity index (χ2v) is 7.77. The Bertz CT molecular complexity index is 707. The average Bonchev–Trinajstić information content (AvgIpc) is 2.59. The number of benzene rings is 1. The predicted molar refractivity (Wildman–Crippen MR) is 88.8 cm³/mol. The van der Waals surface area contributed by atoms with Crippen LogP contribution < -0.4 is 0 Å². The van der Waals surface area contributed by atoms with Gasteiger partial charge in [-0.15, -0.1) is 0 Å². The lowest BCUT2D eigenvalue weighted by molar-refractivity contribution is 0.0501. The molecule has 7 heteroatoms. The van der Waals surface area contributed by atoms with Crippen LogP contribution in [0, 0.1) is 11.3 Å². The fourth-order valence-electron chi connectivity index (χ4n) is 2.73. The summed E-state index contributed by atoms with van der Waals surface area (Å²) in [6.07, 6.45) is 3.60. The number of hydrogen-bond acceptors (Lipinski definition) is 5. The summed E-state index contributed by atoms with van der Waals surface area (Å²) in [7, 11) is -3.53. The second-order valence-electron chi connectivity index (χ2n) is 5.88. The van der Waals surface area contributed by atoms with Gasteiger partial charge in [-0.05, 0) is 50.5 Å². The van der Waals surface area contributed by atoms with Crippen LogP contribution in [-0.2, 0) is 14.8 Å². The third kappa shape index (κ3) is 4.34. The maximum atomic E-state index is 12.7. The van der Waals surface area contributed by atoms with Gasteiger partial charge in [0.05, 0.1) is 23.1 Å². The molecule has 6 nitrogen and oxygen atoms in total. The van der Waals surface area contributed by atoms with Crippen LogP contribution in [0.5, 0.6) is 0 Å². The average molecular weight is 350 g/mol. The van der Waals surface area contributed by atoms with Crippen molar-refractivity contribution in [2.45, 2.75) is 50.0 Å². The number of nitrogens with zero attached hydrogens (tertiary/aromatic N) is 2. The number of piperidine rings is 1. The van der Waals surface area contributed by atoms with E-state index in [1.165, 1.54) is 28.6 Å². The number of esters is 1. The van der Waals surface area contributed by atoms with Gasteiger partial charge in [0.15, 0.2) is 0 Å². The highest BCUT2D eigenvalue weighted by Gasteiger charge is 2.30. The highest BCUT2D eigenvalue weighted by molar-refractivity contribution is 7.89. The topological polar surface area (TPSA) is 87.5 Å². The second kappa shape index (κ2) is 8.27. The van der Waals surface area contributed by atoms with Crippen LogP contribution in [0.25, 0.3) is 0 Å². The highest BCUT2D eigenvalue weighted by Crippen LogP contribution is 2.25. The normalized spacial score (nSPS) is 18.8. The fourth-order valence-corrected chi connectivity index (χ4v) is 4.43. The molecule has 0 radical (unpaired) electrons. The van der Waals surface area contributed by atoms with Crippen LogP contribution in [0.3, 0.4) is 0 Å². The lowest BCUT2D eigenvalue weighted by Crippen LogP contribution is -2.41. The fraction of sp³-hybridized carbons (Fsp3) is 0.529. The maximum Gasteiger partial charge on any atom is 0.338 e. The van der Waals surface area contributed by atoms with Crippen LogP contribution >= 0.6 is 0 Å². The summed E-state index contributed by atoms with van der Waals surface area (Å²) in [5, 5.41) is 8.43. The van der Waals surface area contributed by atoms with Crippen LogP contribution in [0.1, 0.15) is 49.4 Å². The van der Waals surface area contributed by atoms with Gasteiger partial charge < -0.3 is 4.74 Å². The van der Waals surface area contributed by atoms with Crippen molar-refractivity contribution < 1.29 is 17.9 Å². The number of carbonyl (C=O) groups is 1. The van der Waals surface area contributed by atoms with Crippen LogP contribution in [0.2, 0.25) is 0 Å². The Morgan fingerprint density at radius 3 is 2.67 bits per heavy atom. The molecule has 0 bridgehead atoms. The SMILES string of the molecule is CC1CCCCN1S(=O)(=O)c1ccc(C(=O)OCCCC#N)cc1. The first-order valence-corrected chi connectivity index (χ1v) is 9.57. The zero-order chi connectivity index (χ0) is 17.6. The third-order valence-corrected chi connectivity index (χ3v) is 6.13. The Balaban J connectivity index is 2.05. The third-order valence-electron chi connectivity index (χ3n) is 4.10. The van der Waals surface area contributed by atoms with E-state index in [2.05, 4.69) is 0 Å². The number of sulfonamides is 1. The van der Waals surface area contributed by atoms with Crippen molar-refractivity contribution in [1.82, 2.24) is 4.31 Å². The molecule has 0 N–H and O–H groups in total. The Morgan fingerprint density at radius 2 is 2.04 bits per heavy atom. The largest absolute Gasteiger partial charge is 0.462 e. The molecule has 1 fully saturated rings. The van der Waals surface area contributed by atoms with Crippen molar-refractivity contribution >= 4 is 16.0 Å². The number of carbonyl (C=O) groups excluding carboxylic acids is 1. The predicted octanol–water partition coefficient (Wildman–Crippen LogP) is 2.71. The van der Waals surface area contributed by atoms with E-state index in [0.717, 1.165) is 19.3 Å². The molecule has 0 aromatic heterocycles. The van der Waals surface area contributed by atoms with Gasteiger partial charge in [-0.25, -0.2) is 13.2 Å². The van der Waals surface area contributed by atoms with E-state index in [0.29, 0.717) is 24.9 Å². The molecule has 0 amide bonds. The van der Waals surface area contributed by atoms with Gasteiger partial charge in [0, 0.05) is 19.0 Å². The van der Waals surface area contributed by atoms with Gasteiger partial charge >= 0.3 is 5.97 Å². The van der Waals surface area contributed by atoms with Crippen molar-refractivity contribution in [3.63, 3.8) is 0 Å². The lowest BCUT2D eigenvalue weighted by atomic mass is 10.1. The first-order chi connectivity index (χ1) is 11.5. The van der Waals surface area contributed by atoms with Gasteiger partial charge in [0.25, 0.3) is 0 Å². The monoisotopic (exact) mass is 350 g/mol. The smallest absolute Gasteiger partial charge is 0.338 e. The molecule has 1 aromatic rings. The van der Waals surface area contributed by atoms with Gasteiger partial charge in [-0.3, -0.25) is 0 Å². The van der Waals surface area contributed by atoms with Crippen LogP contribution in [0.4, 0.5) is 0 Å². The highest BCUT2D eigenvalue weighted by atomic mass is 32.2. The quantitative estimate of drug-likeness (QED) is 0.581. The maximum absolute atomic E-state index is 12.7. The van der Waals surface area contributed by atoms with Crippen molar-refractivity contribution in [2.24, 2.45) is 0 Å². The molecule has 0 aliphatic carbocycles. The van der Waals surface area contributed by atoms with E-state index >= 15 is 0 Å². The molecule has 24 heavy (non-hydrogen) atoms. The Kier molecular flexibility index (Phi) is 6.35. The number of ether oxygens (including phenoxy) is 1. The Labute approximate surface area is 143 Å². The number of rotatable bonds is 6. The summed E-state index contributed by atoms with van der Waals surface area (Å²) < 4.78 is 32.0. The number of nitriles is 1. The van der Waals surface area contributed by atoms with E-state index < -0.39 is 16.0 Å². The molecule has 0 spiro atoms. The molecule has 130 valence electrons. The minimum Gasteiger partial charge on any atom is -0.462 e. The van der Waals surface area contributed by atoms with E-state index in [1.807, 2.05) is 13.0 Å². The molecule has 1 aliphatic heterocycles. The molecule has 1 aromatic carbocycles. The zero-order valence-corrected chi connectivity index (χ0v) is 14.6. The lowest BCUT2D eigenvalue weighted by Gasteiger charge is -2.32. The Morgan fingerprint density at radius 1 is 1.33 bits per heavy atom. The minimum absolute atomic E-state index is 0.00599. The molecule has 1 aliphatic rings. The van der Waals surface area contributed by atoms with Gasteiger partial charge in [0.1, 0.15) is 0 Å². The zero-order valence-electron chi connectivity index (χ0n) is 13.8. The summed E-state index contributed by atoms with van der Waals surface area (Å²) in [6, 6.07) is 7.80. The summed E-state index contributed by atoms with van der Waals surface area (Å²) >= 11 is 0. The van der Waals surface area contributed by atoms with Crippen LogP contribution in [0.15, 0.2) is 29.2 Å². The first kappa shape index (κ1) is 18.4. The summed E-state index contributed by atoms with van der Waals surface area (Å²) in [5.41, 5.74) is 0.303. The molecule has 1 unspecified atom stereocenters. The van der Waals surface area contributed by atoms with Crippen molar-refractivity contribution in [3.8, 4) is 6.07 Å². The van der Waals surface area contributed by atoms with E-state index in [9.17, 15) is 13.2 Å². The van der Waals surface area contributed by atoms with Gasteiger partial charge in [-0.1, -0.05) is 6.42 Å². The summed E-state index contributed by atoms with van der Waals surface area (Å²) in [4.78, 5) is 12.0. The Hall–Kier alpha value is -1.91. The van der Waals surface area contributed by atoms with Gasteiger partial charge in [-0.2, -0.15) is 9.57 Å². The molecular weight excluding hydrogens is 328 g/mol. The van der Waals surface area contributed by atoms with Crippen molar-refractivity contribution in [3.05, 3.63) is 29.8 Å². The standard InChI is InChI=1S/C17H22N2O4S/c1-14-6-2-4-12-19(14)24(21,22)16-9-7-15(8-10-16)17(20)23-13-5-3-11-18/h7-10,14H,2-6,12-13H2,1H3. The van der Waals surface area contributed by atoms with Crippen LogP contribution in [-0.4, -0.2) is 37.9 Å². The van der Waals surface area contributed by atoms with Crippen molar-refractivity contribution in [2.75, 3.05) is 13.2 Å². The molecule has 2 rings (SSSR count). The number of hydrogen-bond donors (Lipinski definition) is 0. The molecule has 0 saturated carbocycles. The number of unbranched alkanes of at least 4 members (excludes halogenated alkanes) is 1. The molecular formula is C17H22N2O4S. The summed E-state index contributed by atoms with van der Waals surface area (Å²) in [6.45, 7) is 2.63. The van der Waals surface area contributed by atoms with E-state index in [-0.39, 0.29) is 17.5 Å². The minimum atomic E-state index is -3.53. The van der Waals surface area contributed by atoms with Crippen molar-refractivity contribution in [1.29, 1.82) is 5.26 Å². The molecule has 1 atom stereocenters. The van der Waals surface area contributed by atoms with E-state index in [1.54, 1.807) is 0 Å². The van der Waals surface area contributed by atoms with Gasteiger partial charge in [0.2, 0.25) is 10.0 Å². The van der Waals surface area contributed by atoms with E-state index in [4.69, 9.17) is 10.00 Å². The summed E-state index contributed by atoms with van der Waals surface area (Å²) in [5.74, 6) is -0.511. The molecule has 1 heterocycles. The first-order valence-electron chi connectivity index (χ1n) is 8.13. The molecule has 1 saturated heterocycles.